The third-order valence-corrected chi connectivity index (χ3v) is 7.11. The van der Waals surface area contributed by atoms with Gasteiger partial charge in [-0.05, 0) is 53.9 Å². The lowest BCUT2D eigenvalue weighted by atomic mass is 9.85. The standard InChI is InChI=1S/C26H27FN4O2.C2HF3O2/c27-22-6-3-7-23(17-22)31-18-29-25(33)26(31)10-13-30(14-11-26)15-12-28-24(32)21-9-8-19-4-1-2-5-20(19)16-21;3-2(4,5)1(6)7/h1-9,16-17H,10-15,18H2,(H,28,32)(H,29,33);(H,6,7). The molecule has 0 aromatic heterocycles. The van der Waals surface area contributed by atoms with E-state index in [0.29, 0.717) is 31.6 Å². The highest BCUT2D eigenvalue weighted by molar-refractivity contribution is 5.98. The van der Waals surface area contributed by atoms with Crippen LogP contribution in [0, 0.1) is 5.82 Å². The van der Waals surface area contributed by atoms with Gasteiger partial charge >= 0.3 is 12.1 Å². The highest BCUT2D eigenvalue weighted by Gasteiger charge is 2.50. The minimum absolute atomic E-state index is 0.0102. The van der Waals surface area contributed by atoms with E-state index in [4.69, 9.17) is 9.90 Å². The Kier molecular flexibility index (Phi) is 8.58. The molecular weight excluding hydrogens is 532 g/mol. The number of anilines is 1. The largest absolute Gasteiger partial charge is 0.490 e. The van der Waals surface area contributed by atoms with Crippen LogP contribution in [-0.2, 0) is 9.59 Å². The summed E-state index contributed by atoms with van der Waals surface area (Å²) in [5.74, 6) is -3.13. The van der Waals surface area contributed by atoms with E-state index < -0.39 is 17.7 Å². The lowest BCUT2D eigenvalue weighted by Gasteiger charge is -2.43. The van der Waals surface area contributed by atoms with Crippen molar-refractivity contribution in [2.24, 2.45) is 0 Å². The van der Waals surface area contributed by atoms with Crippen LogP contribution in [0.3, 0.4) is 0 Å². The van der Waals surface area contributed by atoms with Gasteiger partial charge in [-0.1, -0.05) is 36.4 Å². The van der Waals surface area contributed by atoms with Crippen LogP contribution in [-0.4, -0.2) is 72.4 Å². The molecule has 5 rings (SSSR count). The molecule has 0 atom stereocenters. The van der Waals surface area contributed by atoms with Crippen molar-refractivity contribution < 1.29 is 37.1 Å². The number of piperidine rings is 1. The summed E-state index contributed by atoms with van der Waals surface area (Å²) < 4.78 is 45.5. The molecule has 3 aromatic rings. The first kappa shape index (κ1) is 28.8. The molecule has 0 unspecified atom stereocenters. The Bertz CT molecular complexity index is 1390. The SMILES string of the molecule is O=C(NCCN1CCC2(CC1)C(=O)NCN2c1cccc(F)c1)c1ccc2ccccc2c1.O=C(O)C(F)(F)F. The predicted octanol–water partition coefficient (Wildman–Crippen LogP) is 3.77. The number of amides is 2. The molecule has 40 heavy (non-hydrogen) atoms. The van der Waals surface area contributed by atoms with Crippen LogP contribution in [0.4, 0.5) is 23.2 Å². The monoisotopic (exact) mass is 560 g/mol. The lowest BCUT2D eigenvalue weighted by Crippen LogP contribution is -2.57. The van der Waals surface area contributed by atoms with Crippen LogP contribution in [0.2, 0.25) is 0 Å². The van der Waals surface area contributed by atoms with Gasteiger partial charge in [0, 0.05) is 37.4 Å². The maximum atomic E-state index is 13.8. The number of carboxylic acid groups (broad SMARTS) is 1. The molecule has 12 heteroatoms. The normalized spacial score (nSPS) is 16.8. The maximum absolute atomic E-state index is 13.8. The summed E-state index contributed by atoms with van der Waals surface area (Å²) in [6.45, 7) is 3.13. The van der Waals surface area contributed by atoms with Gasteiger partial charge in [-0.15, -0.1) is 0 Å². The molecule has 3 aromatic carbocycles. The number of fused-ring (bicyclic) bond motifs is 1. The fourth-order valence-corrected chi connectivity index (χ4v) is 4.98. The molecule has 2 amide bonds. The molecule has 212 valence electrons. The Morgan fingerprint density at radius 2 is 1.65 bits per heavy atom. The van der Waals surface area contributed by atoms with E-state index in [1.165, 1.54) is 12.1 Å². The number of carbonyl (C=O) groups is 3. The predicted molar refractivity (Wildman–Crippen MR) is 140 cm³/mol. The van der Waals surface area contributed by atoms with E-state index in [9.17, 15) is 27.2 Å². The van der Waals surface area contributed by atoms with Crippen LogP contribution in [0.1, 0.15) is 23.2 Å². The summed E-state index contributed by atoms with van der Waals surface area (Å²) in [5.41, 5.74) is 0.739. The van der Waals surface area contributed by atoms with Crippen molar-refractivity contribution >= 4 is 34.2 Å². The summed E-state index contributed by atoms with van der Waals surface area (Å²) in [6, 6.07) is 20.1. The van der Waals surface area contributed by atoms with Gasteiger partial charge in [0.2, 0.25) is 5.91 Å². The summed E-state index contributed by atoms with van der Waals surface area (Å²) in [7, 11) is 0. The van der Waals surface area contributed by atoms with Gasteiger partial charge in [-0.3, -0.25) is 9.59 Å². The molecule has 2 saturated heterocycles. The summed E-state index contributed by atoms with van der Waals surface area (Å²) in [4.78, 5) is 38.5. The van der Waals surface area contributed by atoms with Crippen molar-refractivity contribution in [2.75, 3.05) is 37.7 Å². The van der Waals surface area contributed by atoms with E-state index in [1.54, 1.807) is 6.07 Å². The van der Waals surface area contributed by atoms with Crippen LogP contribution in [0.25, 0.3) is 10.8 Å². The van der Waals surface area contributed by atoms with Crippen LogP contribution < -0.4 is 15.5 Å². The molecule has 2 fully saturated rings. The Morgan fingerprint density at radius 1 is 0.975 bits per heavy atom. The number of hydrogen-bond acceptors (Lipinski definition) is 5. The van der Waals surface area contributed by atoms with Gasteiger partial charge < -0.3 is 25.5 Å². The van der Waals surface area contributed by atoms with Crippen molar-refractivity contribution in [1.29, 1.82) is 0 Å². The minimum Gasteiger partial charge on any atom is -0.475 e. The summed E-state index contributed by atoms with van der Waals surface area (Å²) in [5, 5.41) is 15.2. The topological polar surface area (TPSA) is 102 Å². The number of nitrogens with zero attached hydrogens (tertiary/aromatic N) is 2. The Morgan fingerprint density at radius 3 is 2.30 bits per heavy atom. The number of benzene rings is 3. The number of hydrogen-bond donors (Lipinski definition) is 3. The molecular formula is C28H28F4N4O4. The quantitative estimate of drug-likeness (QED) is 0.411. The van der Waals surface area contributed by atoms with E-state index >= 15 is 0 Å². The number of nitrogens with one attached hydrogen (secondary N) is 2. The first-order valence-corrected chi connectivity index (χ1v) is 12.6. The van der Waals surface area contributed by atoms with E-state index in [1.807, 2.05) is 53.4 Å². The van der Waals surface area contributed by atoms with Crippen molar-refractivity contribution in [1.82, 2.24) is 15.5 Å². The van der Waals surface area contributed by atoms with Crippen molar-refractivity contribution in [3.8, 4) is 0 Å². The van der Waals surface area contributed by atoms with Gasteiger partial charge in [-0.2, -0.15) is 13.2 Å². The second-order valence-electron chi connectivity index (χ2n) is 9.57. The van der Waals surface area contributed by atoms with E-state index in [-0.39, 0.29) is 17.6 Å². The molecule has 2 aliphatic heterocycles. The Labute approximate surface area is 227 Å². The van der Waals surface area contributed by atoms with Crippen molar-refractivity contribution in [2.45, 2.75) is 24.6 Å². The lowest BCUT2D eigenvalue weighted by molar-refractivity contribution is -0.192. The highest BCUT2D eigenvalue weighted by Crippen LogP contribution is 2.36. The number of carboxylic acids is 1. The first-order chi connectivity index (χ1) is 19.0. The third kappa shape index (κ3) is 6.50. The van der Waals surface area contributed by atoms with Crippen LogP contribution in [0.5, 0.6) is 0 Å². The number of likely N-dealkylation sites (tertiary alicyclic amines) is 1. The van der Waals surface area contributed by atoms with Gasteiger partial charge in [0.05, 0.1) is 6.67 Å². The van der Waals surface area contributed by atoms with Crippen molar-refractivity contribution in [3.63, 3.8) is 0 Å². The molecule has 0 aliphatic carbocycles. The second kappa shape index (κ2) is 11.9. The number of rotatable bonds is 5. The third-order valence-electron chi connectivity index (χ3n) is 7.11. The number of aliphatic carboxylic acids is 1. The number of alkyl halides is 3. The number of halogens is 4. The molecule has 0 saturated carbocycles. The molecule has 1 spiro atoms. The molecule has 0 radical (unpaired) electrons. The Balaban J connectivity index is 0.000000470. The molecule has 0 bridgehead atoms. The average molecular weight is 561 g/mol. The summed E-state index contributed by atoms with van der Waals surface area (Å²) in [6.07, 6.45) is -3.76. The van der Waals surface area contributed by atoms with Gasteiger partial charge in [-0.25, -0.2) is 9.18 Å². The molecule has 3 N–H and O–H groups in total. The summed E-state index contributed by atoms with van der Waals surface area (Å²) >= 11 is 0. The minimum atomic E-state index is -5.08. The zero-order valence-corrected chi connectivity index (χ0v) is 21.4. The molecule has 2 aliphatic rings. The molecule has 2 heterocycles. The Hall–Kier alpha value is -4.19. The zero-order valence-electron chi connectivity index (χ0n) is 21.4. The van der Waals surface area contributed by atoms with Crippen LogP contribution in [0.15, 0.2) is 66.7 Å². The fraction of sp³-hybridized carbons (Fsp3) is 0.321. The van der Waals surface area contributed by atoms with Crippen LogP contribution >= 0.6 is 0 Å². The average Bonchev–Trinajstić information content (AvgIpc) is 3.24. The zero-order chi connectivity index (χ0) is 28.9. The van der Waals surface area contributed by atoms with Crippen molar-refractivity contribution in [3.05, 3.63) is 78.1 Å². The smallest absolute Gasteiger partial charge is 0.475 e. The van der Waals surface area contributed by atoms with Gasteiger partial charge in [0.1, 0.15) is 11.4 Å². The van der Waals surface area contributed by atoms with E-state index in [2.05, 4.69) is 15.5 Å². The first-order valence-electron chi connectivity index (χ1n) is 12.6. The second-order valence-corrected chi connectivity index (χ2v) is 9.57. The number of carbonyl (C=O) groups excluding carboxylic acids is 2. The fourth-order valence-electron chi connectivity index (χ4n) is 4.98. The van der Waals surface area contributed by atoms with E-state index in [0.717, 1.165) is 36.1 Å². The maximum Gasteiger partial charge on any atom is 0.490 e. The van der Waals surface area contributed by atoms with Gasteiger partial charge in [0.25, 0.3) is 5.91 Å². The molecule has 8 nitrogen and oxygen atoms in total. The van der Waals surface area contributed by atoms with Gasteiger partial charge in [0.15, 0.2) is 0 Å². The highest BCUT2D eigenvalue weighted by atomic mass is 19.4.